The van der Waals surface area contributed by atoms with Crippen LogP contribution in [0.2, 0.25) is 0 Å². The molecule has 0 aliphatic rings. The zero-order valence-corrected chi connectivity index (χ0v) is 2.72. The van der Waals surface area contributed by atoms with Crippen molar-refractivity contribution in [1.82, 2.24) is 0 Å². The zero-order valence-electron chi connectivity index (χ0n) is 1.56. The first kappa shape index (κ1) is 338. The fourth-order valence-corrected chi connectivity index (χ4v) is 0. The normalized spacial score (nSPS) is 1.08. The second-order valence-electron chi connectivity index (χ2n) is 0.136. The van der Waals surface area contributed by atoms with Crippen LogP contribution < -0.4 is 0 Å². The second kappa shape index (κ2) is 936. The number of hydrogen-bond donors (Lipinski definition) is 0. The monoisotopic (exact) mass is 206 g/mol. The molecule has 1 nitrogen and oxygen atoms in total. The van der Waals surface area contributed by atoms with Crippen molar-refractivity contribution in [2.45, 2.75) is 66.8 Å². The lowest BCUT2D eigenvalue weighted by Gasteiger charge is -1.24. The van der Waals surface area contributed by atoms with Gasteiger partial charge in [-0.1, -0.05) is 76.1 Å². The van der Waals surface area contributed by atoms with Crippen molar-refractivity contribution in [2.75, 3.05) is 0 Å². The Morgan fingerprint density at radius 2 is 0.583 bits per heavy atom. The number of carbonyl (C=O) groups excluding carboxylic acids is 1. The van der Waals surface area contributed by atoms with Crippen LogP contribution in [0, 0.1) is 0 Å². The summed E-state index contributed by atoms with van der Waals surface area (Å²) in [6.45, 7) is 0. The maximum absolute atomic E-state index is 8.77. The summed E-state index contributed by atoms with van der Waals surface area (Å²) < 4.78 is 0. The largest absolute Gasteiger partial charge is 0.299 e. The van der Waals surface area contributed by atoms with E-state index in [9.17, 15) is 0 Å². The van der Waals surface area contributed by atoms with E-state index in [1.54, 1.807) is 0 Å². The van der Waals surface area contributed by atoms with E-state index >= 15 is 0 Å². The van der Waals surface area contributed by atoms with Crippen molar-refractivity contribution in [1.29, 1.82) is 0 Å². The van der Waals surface area contributed by atoms with Crippen LogP contribution in [0.1, 0.15) is 66.8 Å². The molecule has 0 aliphatic heterocycles. The summed E-state index contributed by atoms with van der Waals surface area (Å²) in [5.74, 6) is 0. The van der Waals surface area contributed by atoms with Gasteiger partial charge in [0, 0.05) is 0 Å². The quantitative estimate of drug-likeness (QED) is 0.363. The Morgan fingerprint density at radius 3 is 0.583 bits per heavy atom. The number of hydrogen-bond acceptors (Lipinski definition) is 1. The van der Waals surface area contributed by atoms with Crippen LogP contribution in [0.5, 0.6) is 0 Å². The van der Waals surface area contributed by atoms with Gasteiger partial charge in [0.2, 0.25) is 0 Å². The van der Waals surface area contributed by atoms with Crippen LogP contribution in [0.3, 0.4) is 0 Å². The van der Waals surface area contributed by atoms with Crippen LogP contribution in [0.25, 0.3) is 0 Å². The van der Waals surface area contributed by atoms with Crippen LogP contribution in [-0.2, 0) is 4.79 Å². The maximum Gasteiger partial charge on any atom is 0.135 e. The smallest absolute Gasteiger partial charge is 0.135 e. The SMILES string of the molecule is C.C.C.C.C.C.C.C.C.O=CP. The third kappa shape index (κ3) is 83600. The highest BCUT2D eigenvalue weighted by molar-refractivity contribution is 7.36. The molecule has 0 aromatic carbocycles. The van der Waals surface area contributed by atoms with E-state index in [-0.39, 0.29) is 66.8 Å². The number of rotatable bonds is 0. The first-order valence-corrected chi connectivity index (χ1v) is 1.24. The van der Waals surface area contributed by atoms with Crippen molar-refractivity contribution in [3.63, 3.8) is 0 Å². The van der Waals surface area contributed by atoms with E-state index in [1.807, 2.05) is 9.24 Å². The summed E-state index contributed by atoms with van der Waals surface area (Å²) in [6, 6.07) is 0.667. The average molecular weight is 206 g/mol. The molecule has 0 fully saturated rings. The van der Waals surface area contributed by atoms with Crippen molar-refractivity contribution >= 4 is 15.3 Å². The molecule has 0 saturated carbocycles. The third-order valence-electron chi connectivity index (χ3n) is 0. The summed E-state index contributed by atoms with van der Waals surface area (Å²) in [5.41, 5.74) is 0. The van der Waals surface area contributed by atoms with Gasteiger partial charge in [0.15, 0.2) is 0 Å². The Bertz CT molecular complexity index is 17.3. The fraction of sp³-hybridized carbons (Fsp3) is 0.900. The molecule has 2 heteroatoms. The van der Waals surface area contributed by atoms with Gasteiger partial charge in [-0.2, -0.15) is 0 Å². The van der Waals surface area contributed by atoms with Crippen molar-refractivity contribution < 1.29 is 4.79 Å². The van der Waals surface area contributed by atoms with Crippen LogP contribution in [-0.4, -0.2) is 6.03 Å². The molecule has 12 heavy (non-hydrogen) atoms. The van der Waals surface area contributed by atoms with Gasteiger partial charge in [0.05, 0.1) is 0 Å². The predicted octanol–water partition coefficient (Wildman–Crippen LogP) is 5.78. The highest BCUT2D eigenvalue weighted by Gasteiger charge is 1.23. The van der Waals surface area contributed by atoms with Gasteiger partial charge in [-0.15, -0.1) is 0 Å². The van der Waals surface area contributed by atoms with Crippen LogP contribution >= 0.6 is 9.24 Å². The lowest BCUT2D eigenvalue weighted by atomic mass is 11.8. The van der Waals surface area contributed by atoms with E-state index in [0.717, 1.165) is 0 Å². The lowest BCUT2D eigenvalue weighted by molar-refractivity contribution is 0.570. The molecule has 0 bridgehead atoms. The molecular weight excluding hydrogens is 167 g/mol. The Kier molecular flexibility index (Phi) is 26400. The average Bonchev–Trinajstić information content (AvgIpc) is 0.918. The highest BCUT2D eigenvalue weighted by atomic mass is 31.0. The van der Waals surface area contributed by atoms with E-state index in [0.29, 0.717) is 6.03 Å². The van der Waals surface area contributed by atoms with Gasteiger partial charge in [-0.05, 0) is 0 Å². The molecule has 1 unspecified atom stereocenters. The van der Waals surface area contributed by atoms with Crippen LogP contribution in [0.15, 0.2) is 0 Å². The van der Waals surface area contributed by atoms with Gasteiger partial charge in [-0.3, -0.25) is 4.79 Å². The summed E-state index contributed by atoms with van der Waals surface area (Å²) in [7, 11) is 1.90. The number of carbonyl (C=O) groups is 1. The molecule has 0 aromatic heterocycles. The Labute approximate surface area is 87.6 Å². The van der Waals surface area contributed by atoms with Gasteiger partial charge in [0.25, 0.3) is 0 Å². The maximum atomic E-state index is 8.77. The Balaban J connectivity index is -0.000000000556. The molecule has 1 atom stereocenters. The molecule has 0 amide bonds. The molecule has 0 radical (unpaired) electrons. The predicted molar refractivity (Wildman–Crippen MR) is 77.0 cm³/mol. The molecular formula is C10H39OP. The summed E-state index contributed by atoms with van der Waals surface area (Å²) in [6.07, 6.45) is 0. The molecule has 0 rings (SSSR count). The minimum absolute atomic E-state index is 0. The minimum atomic E-state index is 0. The standard InChI is InChI=1S/CH3OP.9CH4/c2-1-3;;;;;;;;;/h1H,3H2;9*1H4. The third-order valence-corrected chi connectivity index (χ3v) is 0. The minimum Gasteiger partial charge on any atom is -0.299 e. The van der Waals surface area contributed by atoms with E-state index < -0.39 is 0 Å². The zero-order chi connectivity index (χ0) is 2.71. The summed E-state index contributed by atoms with van der Waals surface area (Å²) in [5, 5.41) is 0. The van der Waals surface area contributed by atoms with Gasteiger partial charge in [-0.25, -0.2) is 0 Å². The first-order valence-electron chi connectivity index (χ1n) is 0.569. The van der Waals surface area contributed by atoms with Gasteiger partial charge >= 0.3 is 0 Å². The van der Waals surface area contributed by atoms with Crippen LogP contribution in [0.4, 0.5) is 0 Å². The lowest BCUT2D eigenvalue weighted by Crippen LogP contribution is -1.22. The fourth-order valence-electron chi connectivity index (χ4n) is 0. The molecule has 90 valence electrons. The molecule has 0 aromatic rings. The van der Waals surface area contributed by atoms with Crippen molar-refractivity contribution in [3.8, 4) is 0 Å². The topological polar surface area (TPSA) is 17.1 Å². The molecule has 0 saturated heterocycles. The van der Waals surface area contributed by atoms with E-state index in [1.165, 1.54) is 0 Å². The highest BCUT2D eigenvalue weighted by Crippen LogP contribution is 1.53. The first-order chi connectivity index (χ1) is 1.41. The van der Waals surface area contributed by atoms with Crippen molar-refractivity contribution in [2.24, 2.45) is 0 Å². The second-order valence-corrected chi connectivity index (χ2v) is 0.408. The molecule has 0 aliphatic carbocycles. The van der Waals surface area contributed by atoms with Crippen molar-refractivity contribution in [3.05, 3.63) is 0 Å². The summed E-state index contributed by atoms with van der Waals surface area (Å²) in [4.78, 5) is 8.77. The van der Waals surface area contributed by atoms with Gasteiger partial charge < -0.3 is 0 Å². The molecule has 0 N–H and O–H groups in total. The molecule has 0 spiro atoms. The Morgan fingerprint density at radius 1 is 0.583 bits per heavy atom. The van der Waals surface area contributed by atoms with E-state index in [2.05, 4.69) is 0 Å². The van der Waals surface area contributed by atoms with Gasteiger partial charge in [0.1, 0.15) is 6.03 Å². The molecule has 0 heterocycles. The Hall–Kier alpha value is 0.100. The van der Waals surface area contributed by atoms with E-state index in [4.69, 9.17) is 4.79 Å². The summed E-state index contributed by atoms with van der Waals surface area (Å²) >= 11 is 0.